The number of ether oxygens (including phenoxy) is 2. The normalized spacial score (nSPS) is 9.95. The molecule has 6 nitrogen and oxygen atoms in total. The van der Waals surface area contributed by atoms with E-state index < -0.39 is 5.91 Å². The number of nitrogens with zero attached hydrogens (tertiary/aromatic N) is 2. The van der Waals surface area contributed by atoms with E-state index in [1.54, 1.807) is 12.1 Å². The summed E-state index contributed by atoms with van der Waals surface area (Å²) < 4.78 is 10.3. The third-order valence-corrected chi connectivity index (χ3v) is 2.81. The van der Waals surface area contributed by atoms with Crippen LogP contribution >= 0.6 is 11.6 Å². The van der Waals surface area contributed by atoms with Gasteiger partial charge in [0.1, 0.15) is 17.2 Å². The van der Waals surface area contributed by atoms with Crippen LogP contribution in [0.3, 0.4) is 0 Å². The zero-order valence-corrected chi connectivity index (χ0v) is 11.6. The van der Waals surface area contributed by atoms with E-state index in [0.717, 1.165) is 0 Å². The molecule has 1 aromatic heterocycles. The van der Waals surface area contributed by atoms with Gasteiger partial charge in [-0.2, -0.15) is 0 Å². The minimum Gasteiger partial charge on any atom is -0.495 e. The van der Waals surface area contributed by atoms with Crippen LogP contribution in [-0.4, -0.2) is 30.1 Å². The van der Waals surface area contributed by atoms with E-state index in [9.17, 15) is 4.79 Å². The van der Waals surface area contributed by atoms with Gasteiger partial charge in [0.25, 0.3) is 5.91 Å². The van der Waals surface area contributed by atoms with Gasteiger partial charge in [0.2, 0.25) is 0 Å². The predicted molar refractivity (Wildman–Crippen MR) is 74.5 cm³/mol. The van der Waals surface area contributed by atoms with Crippen molar-refractivity contribution in [1.82, 2.24) is 9.97 Å². The Morgan fingerprint density at radius 2 is 1.95 bits per heavy atom. The van der Waals surface area contributed by atoms with Gasteiger partial charge in [-0.25, -0.2) is 4.98 Å². The molecule has 20 heavy (non-hydrogen) atoms. The van der Waals surface area contributed by atoms with Gasteiger partial charge < -0.3 is 14.8 Å². The third kappa shape index (κ3) is 2.97. The Balaban J connectivity index is 2.29. The second-order valence-electron chi connectivity index (χ2n) is 3.73. The number of carbonyl (C=O) groups excluding carboxylic acids is 1. The minimum absolute atomic E-state index is 0.196. The lowest BCUT2D eigenvalue weighted by atomic mass is 10.2. The lowest BCUT2D eigenvalue weighted by Gasteiger charge is -2.12. The molecule has 7 heteroatoms. The molecule has 2 rings (SSSR count). The highest BCUT2D eigenvalue weighted by molar-refractivity contribution is 6.32. The monoisotopic (exact) mass is 293 g/mol. The van der Waals surface area contributed by atoms with Crippen molar-refractivity contribution in [2.75, 3.05) is 19.5 Å². The Morgan fingerprint density at radius 3 is 2.55 bits per heavy atom. The van der Waals surface area contributed by atoms with E-state index in [4.69, 9.17) is 21.1 Å². The van der Waals surface area contributed by atoms with Crippen LogP contribution in [0.15, 0.2) is 30.7 Å². The lowest BCUT2D eigenvalue weighted by Crippen LogP contribution is -2.14. The van der Waals surface area contributed by atoms with Crippen molar-refractivity contribution >= 4 is 23.2 Å². The zero-order chi connectivity index (χ0) is 14.5. The van der Waals surface area contributed by atoms with Gasteiger partial charge >= 0.3 is 0 Å². The van der Waals surface area contributed by atoms with Gasteiger partial charge in [0.05, 0.1) is 31.1 Å². The molecule has 1 heterocycles. The summed E-state index contributed by atoms with van der Waals surface area (Å²) in [5.74, 6) is 0.488. The summed E-state index contributed by atoms with van der Waals surface area (Å²) in [5, 5.41) is 3.03. The van der Waals surface area contributed by atoms with Crippen LogP contribution in [0.4, 0.5) is 5.69 Å². The number of hydrogen-bond donors (Lipinski definition) is 1. The van der Waals surface area contributed by atoms with Crippen LogP contribution in [0.25, 0.3) is 0 Å². The van der Waals surface area contributed by atoms with Crippen LogP contribution in [0, 0.1) is 0 Å². The first-order valence-electron chi connectivity index (χ1n) is 5.64. The highest BCUT2D eigenvalue weighted by atomic mass is 35.5. The number of nitrogens with one attached hydrogen (secondary N) is 1. The molecule has 0 aliphatic rings. The number of halogens is 1. The quantitative estimate of drug-likeness (QED) is 0.937. The molecular formula is C13H12ClN3O3. The number of hydrogen-bond acceptors (Lipinski definition) is 5. The van der Waals surface area contributed by atoms with Crippen molar-refractivity contribution in [3.8, 4) is 11.5 Å². The fraction of sp³-hybridized carbons (Fsp3) is 0.154. The summed E-state index contributed by atoms with van der Waals surface area (Å²) in [6.45, 7) is 0. The van der Waals surface area contributed by atoms with E-state index in [1.807, 2.05) is 0 Å². The van der Waals surface area contributed by atoms with Crippen molar-refractivity contribution in [3.63, 3.8) is 0 Å². The summed E-state index contributed by atoms with van der Waals surface area (Å²) in [4.78, 5) is 19.8. The molecule has 104 valence electrons. The van der Waals surface area contributed by atoms with Gasteiger partial charge in [-0.3, -0.25) is 9.78 Å². The zero-order valence-electron chi connectivity index (χ0n) is 10.9. The third-order valence-electron chi connectivity index (χ3n) is 2.52. The number of aromatic nitrogens is 2. The molecule has 0 saturated carbocycles. The molecule has 0 unspecified atom stereocenters. The van der Waals surface area contributed by atoms with Gasteiger partial charge in [0.15, 0.2) is 0 Å². The summed E-state index contributed by atoms with van der Waals surface area (Å²) in [6, 6.07) is 3.14. The molecule has 0 radical (unpaired) electrons. The van der Waals surface area contributed by atoms with Crippen LogP contribution in [0.5, 0.6) is 11.5 Å². The Kier molecular flexibility index (Phi) is 4.37. The first-order chi connectivity index (χ1) is 9.65. The van der Waals surface area contributed by atoms with Crippen LogP contribution in [0.1, 0.15) is 10.5 Å². The molecule has 0 spiro atoms. The molecule has 1 aromatic carbocycles. The van der Waals surface area contributed by atoms with E-state index in [-0.39, 0.29) is 5.69 Å². The van der Waals surface area contributed by atoms with Gasteiger partial charge in [-0.15, -0.1) is 0 Å². The topological polar surface area (TPSA) is 73.3 Å². The van der Waals surface area contributed by atoms with Gasteiger partial charge in [-0.1, -0.05) is 11.6 Å². The number of amides is 1. The first-order valence-corrected chi connectivity index (χ1v) is 6.02. The van der Waals surface area contributed by atoms with Gasteiger partial charge in [0, 0.05) is 18.5 Å². The molecule has 0 atom stereocenters. The number of benzene rings is 1. The number of anilines is 1. The van der Waals surface area contributed by atoms with E-state index in [1.165, 1.54) is 32.8 Å². The van der Waals surface area contributed by atoms with Crippen molar-refractivity contribution in [2.45, 2.75) is 0 Å². The predicted octanol–water partition coefficient (Wildman–Crippen LogP) is 2.40. The Morgan fingerprint density at radius 1 is 1.20 bits per heavy atom. The van der Waals surface area contributed by atoms with Crippen LogP contribution in [0.2, 0.25) is 5.02 Å². The Bertz CT molecular complexity index is 620. The molecule has 0 saturated heterocycles. The Labute approximate surface area is 120 Å². The molecule has 0 aliphatic heterocycles. The van der Waals surface area contributed by atoms with E-state index in [0.29, 0.717) is 22.2 Å². The second kappa shape index (κ2) is 6.21. The number of methoxy groups -OCH3 is 2. The van der Waals surface area contributed by atoms with Crippen molar-refractivity contribution in [2.24, 2.45) is 0 Å². The molecule has 0 bridgehead atoms. The van der Waals surface area contributed by atoms with Crippen LogP contribution in [-0.2, 0) is 0 Å². The smallest absolute Gasteiger partial charge is 0.275 e. The number of rotatable bonds is 4. The number of carbonyl (C=O) groups is 1. The maximum Gasteiger partial charge on any atom is 0.275 e. The standard InChI is InChI=1S/C13H12ClN3O3/c1-19-11-6-12(20-2)9(5-8(11)14)17-13(18)10-7-15-3-4-16-10/h3-7H,1-2H3,(H,17,18). The highest BCUT2D eigenvalue weighted by Crippen LogP contribution is 2.35. The molecule has 2 aromatic rings. The Hall–Kier alpha value is -2.34. The average molecular weight is 294 g/mol. The fourth-order valence-electron chi connectivity index (χ4n) is 1.56. The molecule has 0 aliphatic carbocycles. The highest BCUT2D eigenvalue weighted by Gasteiger charge is 2.14. The van der Waals surface area contributed by atoms with Crippen LogP contribution < -0.4 is 14.8 Å². The maximum absolute atomic E-state index is 12.0. The molecule has 1 amide bonds. The SMILES string of the molecule is COc1cc(OC)c(NC(=O)c2cnccn2)cc1Cl. The summed E-state index contributed by atoms with van der Waals surface area (Å²) >= 11 is 6.03. The summed E-state index contributed by atoms with van der Waals surface area (Å²) in [7, 11) is 2.99. The molecular weight excluding hydrogens is 282 g/mol. The lowest BCUT2D eigenvalue weighted by molar-refractivity contribution is 0.102. The fourth-order valence-corrected chi connectivity index (χ4v) is 1.80. The summed E-state index contributed by atoms with van der Waals surface area (Å²) in [5.41, 5.74) is 0.621. The minimum atomic E-state index is -0.405. The average Bonchev–Trinajstić information content (AvgIpc) is 2.48. The first kappa shape index (κ1) is 14.1. The second-order valence-corrected chi connectivity index (χ2v) is 4.14. The molecule has 0 fully saturated rings. The van der Waals surface area contributed by atoms with E-state index >= 15 is 0 Å². The largest absolute Gasteiger partial charge is 0.495 e. The van der Waals surface area contributed by atoms with Crippen molar-refractivity contribution in [3.05, 3.63) is 41.4 Å². The van der Waals surface area contributed by atoms with E-state index in [2.05, 4.69) is 15.3 Å². The molecule has 1 N–H and O–H groups in total. The maximum atomic E-state index is 12.0. The van der Waals surface area contributed by atoms with Crippen molar-refractivity contribution < 1.29 is 14.3 Å². The summed E-state index contributed by atoms with van der Waals surface area (Å²) in [6.07, 6.45) is 4.29. The van der Waals surface area contributed by atoms with Gasteiger partial charge in [-0.05, 0) is 6.07 Å². The van der Waals surface area contributed by atoms with Crippen molar-refractivity contribution in [1.29, 1.82) is 0 Å².